The van der Waals surface area contributed by atoms with Crippen molar-refractivity contribution in [3.8, 4) is 0 Å². The summed E-state index contributed by atoms with van der Waals surface area (Å²) in [5, 5.41) is 32.4. The molecular formula is C26H44N2O5S. The standard InChI is InChI=1S/C26H44N2O5S/c1-15(23(31)17(3)24(32)25(5,6)18(4)30)9-8-10-26(7)21(33-26)12-20(27)16(2)11-19-14-34-22(13-29)28-19/h11,14-15,17-18,20-21,23,29-31H,8-10,12-13,27H2,1-7H3/b16-11+/t15-,17+,18-,20?,21-,23-,26+/m0/s1. The Morgan fingerprint density at radius 3 is 2.56 bits per heavy atom. The number of hydrogen-bond donors (Lipinski definition) is 4. The number of ether oxygens (including phenoxy) is 1. The lowest BCUT2D eigenvalue weighted by Crippen LogP contribution is -2.43. The Morgan fingerprint density at radius 1 is 1.35 bits per heavy atom. The van der Waals surface area contributed by atoms with E-state index in [2.05, 4.69) is 11.9 Å². The summed E-state index contributed by atoms with van der Waals surface area (Å²) in [5.74, 6) is -0.667. The zero-order valence-corrected chi connectivity index (χ0v) is 22.6. The Hall–Kier alpha value is -1.16. The lowest BCUT2D eigenvalue weighted by atomic mass is 9.74. The Morgan fingerprint density at radius 2 is 2.00 bits per heavy atom. The molecule has 1 aromatic heterocycles. The Bertz CT molecular complexity index is 852. The van der Waals surface area contributed by atoms with Crippen molar-refractivity contribution in [2.45, 2.75) is 111 Å². The molecule has 2 heterocycles. The van der Waals surface area contributed by atoms with Crippen LogP contribution in [0.2, 0.25) is 0 Å². The Labute approximate surface area is 208 Å². The van der Waals surface area contributed by atoms with E-state index in [1.807, 2.05) is 25.3 Å². The second-order valence-electron chi connectivity index (χ2n) is 10.9. The first-order valence-electron chi connectivity index (χ1n) is 12.3. The van der Waals surface area contributed by atoms with Crippen molar-refractivity contribution < 1.29 is 24.9 Å². The van der Waals surface area contributed by atoms with Gasteiger partial charge in [0.2, 0.25) is 0 Å². The molecule has 0 amide bonds. The minimum atomic E-state index is -0.880. The number of Topliss-reactive ketones (excluding diaryl/α,β-unsaturated/α-hetero) is 1. The topological polar surface area (TPSA) is 129 Å². The summed E-state index contributed by atoms with van der Waals surface area (Å²) in [7, 11) is 0. The molecule has 1 unspecified atom stereocenters. The monoisotopic (exact) mass is 496 g/mol. The van der Waals surface area contributed by atoms with E-state index in [-0.39, 0.29) is 36.1 Å². The Balaban J connectivity index is 1.79. The molecule has 0 aromatic carbocycles. The fraction of sp³-hybridized carbons (Fsp3) is 0.769. The molecule has 0 radical (unpaired) electrons. The largest absolute Gasteiger partial charge is 0.392 e. The molecule has 2 rings (SSSR count). The molecule has 0 aliphatic carbocycles. The minimum Gasteiger partial charge on any atom is -0.392 e. The van der Waals surface area contributed by atoms with Gasteiger partial charge in [0.1, 0.15) is 10.8 Å². The van der Waals surface area contributed by atoms with Gasteiger partial charge in [-0.25, -0.2) is 4.98 Å². The van der Waals surface area contributed by atoms with Crippen LogP contribution < -0.4 is 5.73 Å². The van der Waals surface area contributed by atoms with Gasteiger partial charge in [0.05, 0.1) is 36.2 Å². The van der Waals surface area contributed by atoms with Crippen LogP contribution in [0.5, 0.6) is 0 Å². The number of aliphatic hydroxyl groups is 3. The molecule has 8 heteroatoms. The number of hydrogen-bond acceptors (Lipinski definition) is 8. The number of nitrogens with two attached hydrogens (primary N) is 1. The maximum atomic E-state index is 12.8. The summed E-state index contributed by atoms with van der Waals surface area (Å²) in [6.07, 6.45) is 3.84. The van der Waals surface area contributed by atoms with Crippen molar-refractivity contribution in [3.63, 3.8) is 0 Å². The van der Waals surface area contributed by atoms with Gasteiger partial charge in [-0.15, -0.1) is 11.3 Å². The van der Waals surface area contributed by atoms with Crippen LogP contribution in [0.25, 0.3) is 6.08 Å². The van der Waals surface area contributed by atoms with Crippen molar-refractivity contribution in [1.82, 2.24) is 4.98 Å². The van der Waals surface area contributed by atoms with Crippen molar-refractivity contribution >= 4 is 23.2 Å². The van der Waals surface area contributed by atoms with Crippen LogP contribution in [0.4, 0.5) is 0 Å². The quantitative estimate of drug-likeness (QED) is 0.289. The van der Waals surface area contributed by atoms with Gasteiger partial charge in [-0.05, 0) is 52.0 Å². The highest BCUT2D eigenvalue weighted by atomic mass is 32.1. The van der Waals surface area contributed by atoms with Crippen LogP contribution >= 0.6 is 11.3 Å². The number of nitrogens with zero attached hydrogens (tertiary/aromatic N) is 1. The molecule has 1 saturated heterocycles. The minimum absolute atomic E-state index is 0.0288. The molecule has 1 aromatic rings. The van der Waals surface area contributed by atoms with E-state index in [0.29, 0.717) is 5.01 Å². The first-order valence-corrected chi connectivity index (χ1v) is 13.2. The summed E-state index contributed by atoms with van der Waals surface area (Å²) >= 11 is 1.43. The molecule has 1 aliphatic rings. The van der Waals surface area contributed by atoms with E-state index in [4.69, 9.17) is 15.6 Å². The number of epoxide rings is 1. The van der Waals surface area contributed by atoms with Gasteiger partial charge in [-0.2, -0.15) is 0 Å². The van der Waals surface area contributed by atoms with Crippen LogP contribution in [0.15, 0.2) is 11.0 Å². The van der Waals surface area contributed by atoms with Gasteiger partial charge in [-0.1, -0.05) is 39.7 Å². The highest BCUT2D eigenvalue weighted by Crippen LogP contribution is 2.44. The van der Waals surface area contributed by atoms with E-state index < -0.39 is 23.5 Å². The molecule has 0 saturated carbocycles. The fourth-order valence-corrected chi connectivity index (χ4v) is 5.03. The molecule has 194 valence electrons. The predicted octanol–water partition coefficient (Wildman–Crippen LogP) is 3.69. The van der Waals surface area contributed by atoms with Crippen LogP contribution in [0.1, 0.15) is 84.9 Å². The average molecular weight is 497 g/mol. The second-order valence-corrected chi connectivity index (χ2v) is 11.8. The molecule has 1 fully saturated rings. The second kappa shape index (κ2) is 11.7. The van der Waals surface area contributed by atoms with Gasteiger partial charge in [0.25, 0.3) is 0 Å². The van der Waals surface area contributed by atoms with Gasteiger partial charge < -0.3 is 25.8 Å². The summed E-state index contributed by atoms with van der Waals surface area (Å²) in [6, 6.07) is -0.129. The third-order valence-corrected chi connectivity index (χ3v) is 8.54. The number of carbonyl (C=O) groups is 1. The molecule has 34 heavy (non-hydrogen) atoms. The van der Waals surface area contributed by atoms with Crippen LogP contribution in [0.3, 0.4) is 0 Å². The van der Waals surface area contributed by atoms with E-state index >= 15 is 0 Å². The first-order chi connectivity index (χ1) is 15.7. The molecule has 7 nitrogen and oxygen atoms in total. The molecule has 7 atom stereocenters. The maximum Gasteiger partial charge on any atom is 0.146 e. The van der Waals surface area contributed by atoms with Gasteiger partial charge in [0, 0.05) is 22.8 Å². The number of rotatable bonds is 14. The number of thiazole rings is 1. The lowest BCUT2D eigenvalue weighted by Gasteiger charge is -2.33. The van der Waals surface area contributed by atoms with Crippen LogP contribution in [-0.2, 0) is 16.1 Å². The first kappa shape index (κ1) is 29.1. The smallest absolute Gasteiger partial charge is 0.146 e. The zero-order valence-electron chi connectivity index (χ0n) is 21.7. The molecular weight excluding hydrogens is 452 g/mol. The summed E-state index contributed by atoms with van der Waals surface area (Å²) in [4.78, 5) is 17.1. The fourth-order valence-electron chi connectivity index (χ4n) is 4.42. The maximum absolute atomic E-state index is 12.8. The van der Waals surface area contributed by atoms with Crippen molar-refractivity contribution in [1.29, 1.82) is 0 Å². The average Bonchev–Trinajstić information content (AvgIpc) is 3.18. The summed E-state index contributed by atoms with van der Waals surface area (Å²) < 4.78 is 6.00. The van der Waals surface area contributed by atoms with Gasteiger partial charge in [-0.3, -0.25) is 4.79 Å². The lowest BCUT2D eigenvalue weighted by molar-refractivity contribution is -0.140. The summed E-state index contributed by atoms with van der Waals surface area (Å²) in [6.45, 7) is 12.8. The highest BCUT2D eigenvalue weighted by Gasteiger charge is 2.51. The number of aromatic nitrogens is 1. The van der Waals surface area contributed by atoms with Crippen LogP contribution in [0, 0.1) is 17.3 Å². The Kier molecular flexibility index (Phi) is 10.0. The number of aliphatic hydroxyl groups excluding tert-OH is 3. The van der Waals surface area contributed by atoms with Gasteiger partial charge >= 0.3 is 0 Å². The predicted molar refractivity (Wildman–Crippen MR) is 136 cm³/mol. The van der Waals surface area contributed by atoms with Crippen molar-refractivity contribution in [3.05, 3.63) is 21.7 Å². The third kappa shape index (κ3) is 7.18. The van der Waals surface area contributed by atoms with E-state index in [1.165, 1.54) is 11.3 Å². The molecule has 0 spiro atoms. The summed E-state index contributed by atoms with van der Waals surface area (Å²) in [5.41, 5.74) is 7.16. The zero-order chi connectivity index (χ0) is 25.8. The van der Waals surface area contributed by atoms with Crippen molar-refractivity contribution in [2.24, 2.45) is 23.0 Å². The van der Waals surface area contributed by atoms with E-state index in [1.54, 1.807) is 27.7 Å². The SMILES string of the molecule is C/C(=C\c1csc(CO)n1)C(N)C[C@@H]1O[C@]1(C)CCC[C@H](C)[C@H](O)[C@@H](C)C(=O)C(C)(C)[C@H](C)O. The van der Waals surface area contributed by atoms with Crippen molar-refractivity contribution in [2.75, 3.05) is 0 Å². The molecule has 1 aliphatic heterocycles. The van der Waals surface area contributed by atoms with Crippen LogP contribution in [-0.4, -0.2) is 56.0 Å². The third-order valence-electron chi connectivity index (χ3n) is 7.69. The van der Waals surface area contributed by atoms with Gasteiger partial charge in [0.15, 0.2) is 0 Å². The number of ketones is 1. The normalized spacial score (nSPS) is 25.5. The molecule has 5 N–H and O–H groups in total. The molecule has 0 bridgehead atoms. The number of carbonyl (C=O) groups excluding carboxylic acids is 1. The highest BCUT2D eigenvalue weighted by molar-refractivity contribution is 7.09. The van der Waals surface area contributed by atoms with E-state index in [9.17, 15) is 15.0 Å². The van der Waals surface area contributed by atoms with E-state index in [0.717, 1.165) is 37.0 Å².